The van der Waals surface area contributed by atoms with E-state index >= 15 is 0 Å². The van der Waals surface area contributed by atoms with Crippen molar-refractivity contribution in [3.63, 3.8) is 0 Å². The number of anilines is 1. The average molecular weight is 477 g/mol. The average Bonchev–Trinajstić information content (AvgIpc) is 3.38. The first-order valence-corrected chi connectivity index (χ1v) is 11.0. The highest BCUT2D eigenvalue weighted by Gasteiger charge is 2.65. The van der Waals surface area contributed by atoms with Crippen LogP contribution in [0.3, 0.4) is 0 Å². The number of halogens is 1. The molecule has 4 rings (SSSR count). The fourth-order valence-corrected chi connectivity index (χ4v) is 4.87. The Bertz CT molecular complexity index is 1050. The summed E-state index contributed by atoms with van der Waals surface area (Å²) in [5.41, 5.74) is 0.424. The maximum atomic E-state index is 11.3. The first-order valence-electron chi connectivity index (χ1n) is 10.6. The van der Waals surface area contributed by atoms with E-state index in [1.807, 2.05) is 37.6 Å². The van der Waals surface area contributed by atoms with Crippen LogP contribution in [0.25, 0.3) is 0 Å². The number of hydrogen-bond acceptors (Lipinski definition) is 7. The highest BCUT2D eigenvalue weighted by atomic mass is 35.5. The molecule has 33 heavy (non-hydrogen) atoms. The van der Waals surface area contributed by atoms with Gasteiger partial charge in [-0.05, 0) is 51.3 Å². The number of aliphatic imine (C=N–C) groups is 1. The van der Waals surface area contributed by atoms with Gasteiger partial charge in [-0.15, -0.1) is 0 Å². The number of aromatic nitrogens is 1. The van der Waals surface area contributed by atoms with Gasteiger partial charge < -0.3 is 34.0 Å². The molecule has 0 unspecified atom stereocenters. The smallest absolute Gasteiger partial charge is 0.201 e. The second-order valence-corrected chi connectivity index (χ2v) is 9.10. The summed E-state index contributed by atoms with van der Waals surface area (Å²) in [5, 5.41) is 19.0. The van der Waals surface area contributed by atoms with Gasteiger partial charge in [0.15, 0.2) is 12.0 Å². The van der Waals surface area contributed by atoms with Crippen LogP contribution in [0, 0.1) is 0 Å². The van der Waals surface area contributed by atoms with Crippen molar-refractivity contribution in [2.24, 2.45) is 10.1 Å². The normalized spacial score (nSPS) is 29.5. The van der Waals surface area contributed by atoms with Crippen LogP contribution in [-0.2, 0) is 19.0 Å². The third-order valence-corrected chi connectivity index (χ3v) is 6.30. The third-order valence-electron chi connectivity index (χ3n) is 6.04. The number of aliphatic hydroxyl groups is 1. The number of benzene rings is 1. The van der Waals surface area contributed by atoms with Crippen LogP contribution in [-0.4, -0.2) is 60.0 Å². The molecule has 0 bridgehead atoms. The summed E-state index contributed by atoms with van der Waals surface area (Å²) in [6.07, 6.45) is -0.949. The van der Waals surface area contributed by atoms with E-state index in [0.717, 1.165) is 0 Å². The van der Waals surface area contributed by atoms with Crippen molar-refractivity contribution in [2.75, 3.05) is 19.5 Å². The Labute approximate surface area is 197 Å². The maximum Gasteiger partial charge on any atom is 0.201 e. The van der Waals surface area contributed by atoms with E-state index in [2.05, 4.69) is 22.2 Å². The van der Waals surface area contributed by atoms with Gasteiger partial charge in [0.2, 0.25) is 5.84 Å². The van der Waals surface area contributed by atoms with E-state index in [0.29, 0.717) is 27.8 Å². The Balaban J connectivity index is 1.76. The van der Waals surface area contributed by atoms with Crippen LogP contribution < -0.4 is 5.32 Å². The SMILES string of the molecule is C=N/C(=N\OC)c1ccn([C@@H]2O[C@H]([C@H](O)c3ccc(Cl)cc3)[C@@]3(C)OC(C)(C)O[C@@H]23)c1NC. The zero-order valence-electron chi connectivity index (χ0n) is 19.3. The maximum absolute atomic E-state index is 11.3. The lowest BCUT2D eigenvalue weighted by Crippen LogP contribution is -2.46. The van der Waals surface area contributed by atoms with Crippen molar-refractivity contribution in [2.45, 2.75) is 56.7 Å². The monoisotopic (exact) mass is 476 g/mol. The van der Waals surface area contributed by atoms with Crippen molar-refractivity contribution in [1.29, 1.82) is 0 Å². The van der Waals surface area contributed by atoms with Crippen LogP contribution in [0.1, 0.15) is 44.2 Å². The lowest BCUT2D eigenvalue weighted by molar-refractivity contribution is -0.223. The topological polar surface area (TPSA) is 98.8 Å². The molecule has 2 aliphatic heterocycles. The van der Waals surface area contributed by atoms with Crippen LogP contribution in [0.15, 0.2) is 46.7 Å². The fraction of sp³-hybridized carbons (Fsp3) is 0.478. The minimum Gasteiger partial charge on any atom is -0.397 e. The number of hydrogen-bond donors (Lipinski definition) is 2. The van der Waals surface area contributed by atoms with E-state index in [1.165, 1.54) is 7.11 Å². The molecule has 2 aliphatic rings. The number of rotatable bonds is 6. The van der Waals surface area contributed by atoms with Gasteiger partial charge in [-0.1, -0.05) is 28.9 Å². The molecule has 3 heterocycles. The van der Waals surface area contributed by atoms with Crippen LogP contribution >= 0.6 is 11.6 Å². The highest BCUT2D eigenvalue weighted by Crippen LogP contribution is 2.53. The summed E-state index contributed by atoms with van der Waals surface area (Å²) in [6, 6.07) is 8.86. The number of amidine groups is 1. The van der Waals surface area contributed by atoms with E-state index in [1.54, 1.807) is 31.3 Å². The summed E-state index contributed by atoms with van der Waals surface area (Å²) in [6.45, 7) is 9.19. The van der Waals surface area contributed by atoms with Gasteiger partial charge in [0.05, 0.1) is 5.56 Å². The Morgan fingerprint density at radius 1 is 1.27 bits per heavy atom. The minimum atomic E-state index is -0.967. The first kappa shape index (κ1) is 23.7. The standard InChI is InChI=1S/C23H29ClN4O5/c1-22(2)32-18-21(28-12-11-15(20(28)26-5)19(25-4)27-30-6)31-17(23(18,3)33-22)16(29)13-7-9-14(24)10-8-13/h7-12,16-18,21,26,29H,4H2,1-3,5-6H3/b27-19-/t16-,17-,18+,21-,23-/m1/s1. The number of nitrogens with zero attached hydrogens (tertiary/aromatic N) is 3. The van der Waals surface area contributed by atoms with E-state index in [9.17, 15) is 5.11 Å². The summed E-state index contributed by atoms with van der Waals surface area (Å²) < 4.78 is 21.0. The molecular formula is C23H29ClN4O5. The van der Waals surface area contributed by atoms with Gasteiger partial charge >= 0.3 is 0 Å². The van der Waals surface area contributed by atoms with Crippen molar-refractivity contribution in [1.82, 2.24) is 4.57 Å². The molecule has 1 aromatic carbocycles. The van der Waals surface area contributed by atoms with Gasteiger partial charge in [0.1, 0.15) is 36.8 Å². The fourth-order valence-electron chi connectivity index (χ4n) is 4.74. The number of nitrogens with one attached hydrogen (secondary N) is 1. The number of ether oxygens (including phenoxy) is 3. The molecule has 1 aromatic heterocycles. The zero-order chi connectivity index (χ0) is 24.0. The Morgan fingerprint density at radius 2 is 1.97 bits per heavy atom. The van der Waals surface area contributed by atoms with Crippen molar-refractivity contribution in [3.05, 3.63) is 52.7 Å². The van der Waals surface area contributed by atoms with Gasteiger partial charge in [-0.2, -0.15) is 0 Å². The lowest BCUT2D eigenvalue weighted by atomic mass is 9.88. The molecule has 0 spiro atoms. The van der Waals surface area contributed by atoms with E-state index in [-0.39, 0.29) is 0 Å². The number of oxime groups is 1. The molecule has 10 heteroatoms. The molecule has 5 atom stereocenters. The molecule has 0 aliphatic carbocycles. The molecule has 0 saturated carbocycles. The van der Waals surface area contributed by atoms with Crippen LogP contribution in [0.4, 0.5) is 5.82 Å². The van der Waals surface area contributed by atoms with Gasteiger partial charge in [-0.25, -0.2) is 4.99 Å². The second kappa shape index (κ2) is 8.73. The minimum absolute atomic E-state index is 0.322. The summed E-state index contributed by atoms with van der Waals surface area (Å²) in [5.74, 6) is 0.143. The van der Waals surface area contributed by atoms with Crippen LogP contribution in [0.5, 0.6) is 0 Å². The Kier molecular flexibility index (Phi) is 6.28. The summed E-state index contributed by atoms with van der Waals surface area (Å²) >= 11 is 6.03. The Hall–Kier alpha value is -2.43. The molecule has 2 aromatic rings. The predicted molar refractivity (Wildman–Crippen MR) is 126 cm³/mol. The largest absolute Gasteiger partial charge is 0.397 e. The number of aliphatic hydroxyl groups excluding tert-OH is 1. The van der Waals surface area contributed by atoms with Gasteiger partial charge in [0, 0.05) is 18.3 Å². The zero-order valence-corrected chi connectivity index (χ0v) is 20.0. The van der Waals surface area contributed by atoms with Crippen LogP contribution in [0.2, 0.25) is 5.02 Å². The molecule has 2 N–H and O–H groups in total. The van der Waals surface area contributed by atoms with E-state index < -0.39 is 35.9 Å². The summed E-state index contributed by atoms with van der Waals surface area (Å²) in [4.78, 5) is 8.86. The molecule has 2 fully saturated rings. The lowest BCUT2D eigenvalue weighted by Gasteiger charge is -2.32. The predicted octanol–water partition coefficient (Wildman–Crippen LogP) is 3.73. The second-order valence-electron chi connectivity index (χ2n) is 8.66. The molecule has 0 radical (unpaired) electrons. The van der Waals surface area contributed by atoms with Crippen molar-refractivity contribution in [3.8, 4) is 0 Å². The molecule has 2 saturated heterocycles. The van der Waals surface area contributed by atoms with E-state index in [4.69, 9.17) is 30.6 Å². The van der Waals surface area contributed by atoms with Gasteiger partial charge in [0.25, 0.3) is 0 Å². The third kappa shape index (κ3) is 4.04. The van der Waals surface area contributed by atoms with Crippen molar-refractivity contribution < 1.29 is 24.2 Å². The molecule has 9 nitrogen and oxygen atoms in total. The van der Waals surface area contributed by atoms with Gasteiger partial charge in [-0.3, -0.25) is 0 Å². The quantitative estimate of drug-likeness (QED) is 0.374. The highest BCUT2D eigenvalue weighted by molar-refractivity contribution is 6.30. The Morgan fingerprint density at radius 3 is 2.58 bits per heavy atom. The molecule has 178 valence electrons. The number of fused-ring (bicyclic) bond motifs is 1. The summed E-state index contributed by atoms with van der Waals surface area (Å²) in [7, 11) is 3.23. The van der Waals surface area contributed by atoms with Crippen molar-refractivity contribution >= 4 is 30.0 Å². The molecular weight excluding hydrogens is 448 g/mol. The molecule has 0 amide bonds. The first-order chi connectivity index (χ1) is 15.6.